The summed E-state index contributed by atoms with van der Waals surface area (Å²) in [4.78, 5) is 15.9. The van der Waals surface area contributed by atoms with Gasteiger partial charge in [0.2, 0.25) is 10.0 Å². The smallest absolute Gasteiger partial charge is 0.255 e. The first-order chi connectivity index (χ1) is 15.4. The van der Waals surface area contributed by atoms with E-state index in [-0.39, 0.29) is 10.8 Å². The molecule has 174 valence electrons. The second-order valence-corrected chi connectivity index (χ2v) is 11.8. The molecule has 0 aliphatic carbocycles. The highest BCUT2D eigenvalue weighted by Gasteiger charge is 2.23. The monoisotopic (exact) mass is 512 g/mol. The van der Waals surface area contributed by atoms with E-state index < -0.39 is 10.0 Å². The molecule has 0 bridgehead atoms. The number of sulfonamides is 1. The first kappa shape index (κ1) is 25.4. The molecule has 1 amide bonds. The van der Waals surface area contributed by atoms with Crippen LogP contribution in [0.15, 0.2) is 52.3 Å². The van der Waals surface area contributed by atoms with Gasteiger partial charge in [0, 0.05) is 41.1 Å². The van der Waals surface area contributed by atoms with Crippen molar-refractivity contribution in [3.05, 3.63) is 58.6 Å². The maximum absolute atomic E-state index is 13.2. The Morgan fingerprint density at radius 1 is 1.09 bits per heavy atom. The Balaban J connectivity index is 1.62. The number of thioether (sulfide) groups is 2. The summed E-state index contributed by atoms with van der Waals surface area (Å²) in [6.07, 6.45) is 6.15. The van der Waals surface area contributed by atoms with Crippen LogP contribution in [0.4, 0.5) is 0 Å². The van der Waals surface area contributed by atoms with Gasteiger partial charge in [-0.3, -0.25) is 4.79 Å². The van der Waals surface area contributed by atoms with Crippen LogP contribution in [0.3, 0.4) is 0 Å². The van der Waals surface area contributed by atoms with Crippen molar-refractivity contribution in [1.29, 1.82) is 0 Å². The van der Waals surface area contributed by atoms with Crippen LogP contribution in [0.5, 0.6) is 0 Å². The molecule has 0 atom stereocenters. The van der Waals surface area contributed by atoms with E-state index in [0.29, 0.717) is 22.9 Å². The van der Waals surface area contributed by atoms with Crippen LogP contribution in [0.1, 0.15) is 41.6 Å². The van der Waals surface area contributed by atoms with Gasteiger partial charge in [-0.1, -0.05) is 36.6 Å². The van der Waals surface area contributed by atoms with Crippen LogP contribution in [-0.2, 0) is 15.8 Å². The minimum atomic E-state index is -3.70. The van der Waals surface area contributed by atoms with E-state index in [2.05, 4.69) is 4.72 Å². The second kappa shape index (κ2) is 12.3. The Morgan fingerprint density at radius 2 is 1.84 bits per heavy atom. The predicted octanol–water partition coefficient (Wildman–Crippen LogP) is 5.29. The zero-order chi connectivity index (χ0) is 23.0. The van der Waals surface area contributed by atoms with Gasteiger partial charge in [-0.15, -0.1) is 11.8 Å². The Hall–Kier alpha value is -1.19. The standard InChI is InChI=1S/C23H29ClN2O3S3/c1-30-22-10-9-20(16-21(22)23(27)26-12-4-2-3-5-13-26)32(28,29)25-11-14-31-17-18-7-6-8-19(24)15-18/h6-10,15-16,25H,2-5,11-14,17H2,1H3. The summed E-state index contributed by atoms with van der Waals surface area (Å²) in [5.74, 6) is 1.32. The molecule has 0 spiro atoms. The number of nitrogens with zero attached hydrogens (tertiary/aromatic N) is 1. The highest BCUT2D eigenvalue weighted by Crippen LogP contribution is 2.26. The molecule has 0 aromatic heterocycles. The minimum Gasteiger partial charge on any atom is -0.339 e. The van der Waals surface area contributed by atoms with Gasteiger partial charge in [-0.25, -0.2) is 13.1 Å². The summed E-state index contributed by atoms with van der Waals surface area (Å²) in [6.45, 7) is 1.77. The average Bonchev–Trinajstić information content (AvgIpc) is 3.07. The third-order valence-electron chi connectivity index (χ3n) is 5.30. The number of hydrogen-bond acceptors (Lipinski definition) is 5. The topological polar surface area (TPSA) is 66.5 Å². The van der Waals surface area contributed by atoms with E-state index in [9.17, 15) is 13.2 Å². The Morgan fingerprint density at radius 3 is 2.53 bits per heavy atom. The van der Waals surface area contributed by atoms with E-state index >= 15 is 0 Å². The lowest BCUT2D eigenvalue weighted by atomic mass is 10.2. The molecule has 1 heterocycles. The molecule has 3 rings (SSSR count). The number of hydrogen-bond donors (Lipinski definition) is 1. The van der Waals surface area contributed by atoms with Crippen LogP contribution in [-0.4, -0.2) is 50.9 Å². The zero-order valence-corrected chi connectivity index (χ0v) is 21.4. The molecule has 0 saturated carbocycles. The fourth-order valence-electron chi connectivity index (χ4n) is 3.61. The van der Waals surface area contributed by atoms with E-state index in [1.807, 2.05) is 35.4 Å². The average molecular weight is 513 g/mol. The van der Waals surface area contributed by atoms with E-state index in [0.717, 1.165) is 55.0 Å². The van der Waals surface area contributed by atoms with Gasteiger partial charge in [0.25, 0.3) is 5.91 Å². The largest absolute Gasteiger partial charge is 0.339 e. The predicted molar refractivity (Wildman–Crippen MR) is 135 cm³/mol. The van der Waals surface area contributed by atoms with Gasteiger partial charge in [0.05, 0.1) is 10.5 Å². The van der Waals surface area contributed by atoms with Crippen molar-refractivity contribution in [3.8, 4) is 0 Å². The molecule has 1 N–H and O–H groups in total. The number of benzene rings is 2. The van der Waals surface area contributed by atoms with Crippen molar-refractivity contribution in [2.75, 3.05) is 31.6 Å². The molecule has 9 heteroatoms. The minimum absolute atomic E-state index is 0.0784. The number of likely N-dealkylation sites (tertiary alicyclic amines) is 1. The molecule has 2 aromatic carbocycles. The summed E-state index contributed by atoms with van der Waals surface area (Å²) in [5.41, 5.74) is 1.58. The molecule has 2 aromatic rings. The SMILES string of the molecule is CSc1ccc(S(=O)(=O)NCCSCc2cccc(Cl)c2)cc1C(=O)N1CCCCCC1. The molecule has 32 heavy (non-hydrogen) atoms. The van der Waals surface area contributed by atoms with Crippen molar-refractivity contribution < 1.29 is 13.2 Å². The number of amides is 1. The van der Waals surface area contributed by atoms with Crippen LogP contribution < -0.4 is 4.72 Å². The van der Waals surface area contributed by atoms with Crippen molar-refractivity contribution in [2.24, 2.45) is 0 Å². The summed E-state index contributed by atoms with van der Waals surface area (Å²) in [7, 11) is -3.70. The van der Waals surface area contributed by atoms with E-state index in [1.54, 1.807) is 23.9 Å². The second-order valence-electron chi connectivity index (χ2n) is 7.65. The highest BCUT2D eigenvalue weighted by atomic mass is 35.5. The Bertz CT molecular complexity index is 1020. The maximum atomic E-state index is 13.2. The van der Waals surface area contributed by atoms with Crippen LogP contribution in [0, 0.1) is 0 Å². The van der Waals surface area contributed by atoms with Crippen molar-refractivity contribution >= 4 is 51.1 Å². The third-order valence-corrected chi connectivity index (χ3v) is 8.82. The maximum Gasteiger partial charge on any atom is 0.255 e. The lowest BCUT2D eigenvalue weighted by Gasteiger charge is -2.22. The quantitative estimate of drug-likeness (QED) is 0.365. The Labute approximate surface area is 204 Å². The Kier molecular flexibility index (Phi) is 9.79. The van der Waals surface area contributed by atoms with E-state index in [1.165, 1.54) is 17.8 Å². The normalized spacial score (nSPS) is 14.9. The molecule has 5 nitrogen and oxygen atoms in total. The molecule has 0 unspecified atom stereocenters. The van der Waals surface area contributed by atoms with Crippen molar-refractivity contribution in [1.82, 2.24) is 9.62 Å². The number of nitrogens with one attached hydrogen (secondary N) is 1. The zero-order valence-electron chi connectivity index (χ0n) is 18.2. The molecule has 1 fully saturated rings. The summed E-state index contributed by atoms with van der Waals surface area (Å²) < 4.78 is 28.4. The van der Waals surface area contributed by atoms with Gasteiger partial charge in [-0.2, -0.15) is 11.8 Å². The summed E-state index contributed by atoms with van der Waals surface area (Å²) in [6, 6.07) is 12.5. The first-order valence-corrected chi connectivity index (χ1v) is 14.9. The van der Waals surface area contributed by atoms with Gasteiger partial charge < -0.3 is 4.90 Å². The fourth-order valence-corrected chi connectivity index (χ4v) is 6.39. The lowest BCUT2D eigenvalue weighted by molar-refractivity contribution is 0.0758. The number of rotatable bonds is 9. The first-order valence-electron chi connectivity index (χ1n) is 10.7. The van der Waals surface area contributed by atoms with E-state index in [4.69, 9.17) is 11.6 Å². The van der Waals surface area contributed by atoms with Gasteiger partial charge in [0.1, 0.15) is 0 Å². The molecule has 1 saturated heterocycles. The number of halogens is 1. The van der Waals surface area contributed by atoms with Gasteiger partial charge in [0.15, 0.2) is 0 Å². The molecule has 1 aliphatic heterocycles. The molecular formula is C23H29ClN2O3S3. The third kappa shape index (κ3) is 7.15. The number of carbonyl (C=O) groups is 1. The van der Waals surface area contributed by atoms with Gasteiger partial charge in [-0.05, 0) is 55.0 Å². The van der Waals surface area contributed by atoms with Crippen molar-refractivity contribution in [3.63, 3.8) is 0 Å². The van der Waals surface area contributed by atoms with Crippen molar-refractivity contribution in [2.45, 2.75) is 41.2 Å². The van der Waals surface area contributed by atoms with Crippen LogP contribution in [0.25, 0.3) is 0 Å². The highest BCUT2D eigenvalue weighted by molar-refractivity contribution is 7.98. The van der Waals surface area contributed by atoms with Crippen LogP contribution in [0.2, 0.25) is 5.02 Å². The number of carbonyl (C=O) groups excluding carboxylic acids is 1. The molecule has 0 radical (unpaired) electrons. The van der Waals surface area contributed by atoms with Gasteiger partial charge >= 0.3 is 0 Å². The molecular weight excluding hydrogens is 484 g/mol. The van der Waals surface area contributed by atoms with Crippen LogP contribution >= 0.6 is 35.1 Å². The summed E-state index contributed by atoms with van der Waals surface area (Å²) in [5, 5.41) is 0.697. The molecule has 1 aliphatic rings. The summed E-state index contributed by atoms with van der Waals surface area (Å²) >= 11 is 9.09. The fraction of sp³-hybridized carbons (Fsp3) is 0.435. The lowest BCUT2D eigenvalue weighted by Crippen LogP contribution is -2.32.